The van der Waals surface area contributed by atoms with Gasteiger partial charge in [-0.1, -0.05) is 43.3 Å². The second-order valence-electron chi connectivity index (χ2n) is 9.71. The van der Waals surface area contributed by atoms with Gasteiger partial charge in [0.05, 0.1) is 6.61 Å². The zero-order chi connectivity index (χ0) is 27.4. The SMILES string of the molecule is C=CCCOC(=O)N1CCC2(CC1)C(=O)N[C@@H](CCCCNC(=O)OCc1ccccc1)C(=O)N2CCC. The Kier molecular flexibility index (Phi) is 11.0. The fourth-order valence-electron chi connectivity index (χ4n) is 4.93. The Hall–Kier alpha value is -3.56. The Morgan fingerprint density at radius 2 is 1.89 bits per heavy atom. The van der Waals surface area contributed by atoms with Gasteiger partial charge in [-0.2, -0.15) is 0 Å². The van der Waals surface area contributed by atoms with Gasteiger partial charge in [-0.3, -0.25) is 9.59 Å². The molecule has 0 saturated carbocycles. The lowest BCUT2D eigenvalue weighted by atomic mass is 9.81. The van der Waals surface area contributed by atoms with Gasteiger partial charge in [0.15, 0.2) is 0 Å². The quantitative estimate of drug-likeness (QED) is 0.317. The van der Waals surface area contributed by atoms with Crippen LogP contribution in [0.3, 0.4) is 0 Å². The fourth-order valence-corrected chi connectivity index (χ4v) is 4.93. The molecule has 2 heterocycles. The molecule has 38 heavy (non-hydrogen) atoms. The van der Waals surface area contributed by atoms with E-state index in [4.69, 9.17) is 9.47 Å². The highest BCUT2D eigenvalue weighted by molar-refractivity contribution is 6.00. The summed E-state index contributed by atoms with van der Waals surface area (Å²) in [5.74, 6) is -0.235. The van der Waals surface area contributed by atoms with E-state index in [1.807, 2.05) is 37.3 Å². The number of carbonyl (C=O) groups excluding carboxylic acids is 4. The molecular formula is C28H40N4O6. The van der Waals surface area contributed by atoms with Crippen LogP contribution >= 0.6 is 0 Å². The summed E-state index contributed by atoms with van der Waals surface area (Å²) in [5.41, 5.74) is -0.0244. The van der Waals surface area contributed by atoms with Crippen LogP contribution in [0.1, 0.15) is 57.4 Å². The van der Waals surface area contributed by atoms with Crippen molar-refractivity contribution in [3.05, 3.63) is 48.6 Å². The number of piperazine rings is 1. The topological polar surface area (TPSA) is 117 Å². The van der Waals surface area contributed by atoms with E-state index in [0.717, 1.165) is 12.0 Å². The maximum Gasteiger partial charge on any atom is 0.409 e. The Balaban J connectivity index is 1.44. The first-order valence-electron chi connectivity index (χ1n) is 13.5. The summed E-state index contributed by atoms with van der Waals surface area (Å²) >= 11 is 0. The first kappa shape index (κ1) is 29.0. The number of rotatable bonds is 12. The van der Waals surface area contributed by atoms with Gasteiger partial charge in [0.1, 0.15) is 18.2 Å². The highest BCUT2D eigenvalue weighted by atomic mass is 16.6. The van der Waals surface area contributed by atoms with E-state index in [-0.39, 0.29) is 25.0 Å². The Bertz CT molecular complexity index is 961. The number of nitrogens with one attached hydrogen (secondary N) is 2. The van der Waals surface area contributed by atoms with Gasteiger partial charge in [0.25, 0.3) is 0 Å². The molecule has 10 nitrogen and oxygen atoms in total. The molecule has 0 unspecified atom stereocenters. The third-order valence-electron chi connectivity index (χ3n) is 7.05. The summed E-state index contributed by atoms with van der Waals surface area (Å²) in [7, 11) is 0. The molecule has 4 amide bonds. The molecule has 0 radical (unpaired) electrons. The molecule has 2 N–H and O–H groups in total. The molecule has 1 aromatic rings. The molecule has 0 aromatic heterocycles. The average molecular weight is 529 g/mol. The molecule has 2 aliphatic rings. The Morgan fingerprint density at radius 3 is 2.58 bits per heavy atom. The molecule has 10 heteroatoms. The maximum absolute atomic E-state index is 13.4. The van der Waals surface area contributed by atoms with Crippen LogP contribution in [0.25, 0.3) is 0 Å². The lowest BCUT2D eigenvalue weighted by molar-refractivity contribution is -0.161. The van der Waals surface area contributed by atoms with E-state index < -0.39 is 23.8 Å². The van der Waals surface area contributed by atoms with Crippen molar-refractivity contribution < 1.29 is 28.7 Å². The third-order valence-corrected chi connectivity index (χ3v) is 7.05. The first-order valence-corrected chi connectivity index (χ1v) is 13.5. The van der Waals surface area contributed by atoms with Crippen LogP contribution in [-0.4, -0.2) is 78.2 Å². The van der Waals surface area contributed by atoms with Crippen molar-refractivity contribution in [1.82, 2.24) is 20.4 Å². The Morgan fingerprint density at radius 1 is 1.16 bits per heavy atom. The van der Waals surface area contributed by atoms with Crippen molar-refractivity contribution in [2.45, 2.75) is 70.1 Å². The minimum absolute atomic E-state index is 0.0799. The van der Waals surface area contributed by atoms with Crippen molar-refractivity contribution in [3.63, 3.8) is 0 Å². The molecule has 0 aliphatic carbocycles. The number of carbonyl (C=O) groups is 4. The smallest absolute Gasteiger partial charge is 0.409 e. The number of likely N-dealkylation sites (tertiary alicyclic amines) is 1. The number of nitrogens with zero attached hydrogens (tertiary/aromatic N) is 2. The number of amides is 4. The summed E-state index contributed by atoms with van der Waals surface area (Å²) in [5, 5.41) is 5.68. The van der Waals surface area contributed by atoms with Crippen LogP contribution in [0.5, 0.6) is 0 Å². The van der Waals surface area contributed by atoms with E-state index in [0.29, 0.717) is 64.7 Å². The number of alkyl carbamates (subject to hydrolysis) is 1. The van der Waals surface area contributed by atoms with Gasteiger partial charge >= 0.3 is 12.2 Å². The monoisotopic (exact) mass is 528 g/mol. The fraction of sp³-hybridized carbons (Fsp3) is 0.571. The predicted molar refractivity (Wildman–Crippen MR) is 142 cm³/mol. The number of piperidine rings is 1. The van der Waals surface area contributed by atoms with Crippen molar-refractivity contribution >= 4 is 24.0 Å². The van der Waals surface area contributed by atoms with Gasteiger partial charge < -0.3 is 29.9 Å². The van der Waals surface area contributed by atoms with E-state index in [2.05, 4.69) is 17.2 Å². The van der Waals surface area contributed by atoms with Crippen molar-refractivity contribution in [2.75, 3.05) is 32.8 Å². The zero-order valence-electron chi connectivity index (χ0n) is 22.3. The minimum Gasteiger partial charge on any atom is -0.449 e. The molecule has 208 valence electrons. The van der Waals surface area contributed by atoms with Crippen molar-refractivity contribution in [1.29, 1.82) is 0 Å². The second kappa shape index (κ2) is 14.4. The van der Waals surface area contributed by atoms with Crippen LogP contribution in [0.4, 0.5) is 9.59 Å². The molecule has 0 bridgehead atoms. The minimum atomic E-state index is -0.939. The van der Waals surface area contributed by atoms with Gasteiger partial charge in [-0.15, -0.1) is 6.58 Å². The van der Waals surface area contributed by atoms with Gasteiger partial charge in [0.2, 0.25) is 11.8 Å². The highest BCUT2D eigenvalue weighted by Crippen LogP contribution is 2.34. The van der Waals surface area contributed by atoms with Crippen molar-refractivity contribution in [2.24, 2.45) is 0 Å². The van der Waals surface area contributed by atoms with Crippen LogP contribution < -0.4 is 10.6 Å². The standard InChI is InChI=1S/C28H40N4O6/c1-3-5-20-37-27(36)31-18-14-28(15-19-31)25(34)30-23(24(33)32(28)17-4-2)13-9-10-16-29-26(35)38-21-22-11-7-6-8-12-22/h3,6-8,11-12,23H,1,4-5,9-10,13-21H2,2H3,(H,29,35)(H,30,34)/t23-/m0/s1. The average Bonchev–Trinajstić information content (AvgIpc) is 2.93. The normalized spacial score (nSPS) is 18.6. The molecule has 3 rings (SSSR count). The number of unbranched alkanes of at least 4 members (excludes halogenated alkanes) is 1. The van der Waals surface area contributed by atoms with Crippen LogP contribution in [0.2, 0.25) is 0 Å². The molecular weight excluding hydrogens is 488 g/mol. The number of hydrogen-bond acceptors (Lipinski definition) is 6. The lowest BCUT2D eigenvalue weighted by Crippen LogP contribution is -2.73. The van der Waals surface area contributed by atoms with E-state index in [1.165, 1.54) is 0 Å². The van der Waals surface area contributed by atoms with Gasteiger partial charge in [-0.25, -0.2) is 9.59 Å². The first-order chi connectivity index (χ1) is 18.4. The van der Waals surface area contributed by atoms with E-state index in [1.54, 1.807) is 15.9 Å². The Labute approximate surface area is 224 Å². The summed E-state index contributed by atoms with van der Waals surface area (Å²) < 4.78 is 10.5. The molecule has 1 atom stereocenters. The summed E-state index contributed by atoms with van der Waals surface area (Å²) in [6, 6.07) is 8.86. The number of ether oxygens (including phenoxy) is 2. The van der Waals surface area contributed by atoms with Crippen molar-refractivity contribution in [3.8, 4) is 0 Å². The van der Waals surface area contributed by atoms with E-state index >= 15 is 0 Å². The lowest BCUT2D eigenvalue weighted by Gasteiger charge is -2.51. The van der Waals surface area contributed by atoms with Gasteiger partial charge in [0, 0.05) is 26.2 Å². The molecule has 2 saturated heterocycles. The second-order valence-corrected chi connectivity index (χ2v) is 9.71. The van der Waals surface area contributed by atoms with Gasteiger partial charge in [-0.05, 0) is 50.5 Å². The van der Waals surface area contributed by atoms with Crippen LogP contribution in [0, 0.1) is 0 Å². The summed E-state index contributed by atoms with van der Waals surface area (Å²) in [6.45, 7) is 7.69. The predicted octanol–water partition coefficient (Wildman–Crippen LogP) is 3.37. The third kappa shape index (κ3) is 7.49. The summed E-state index contributed by atoms with van der Waals surface area (Å²) in [4.78, 5) is 54.3. The molecule has 1 aromatic carbocycles. The number of benzene rings is 1. The largest absolute Gasteiger partial charge is 0.449 e. The maximum atomic E-state index is 13.4. The molecule has 2 aliphatic heterocycles. The van der Waals surface area contributed by atoms with Crippen LogP contribution in [-0.2, 0) is 25.7 Å². The highest BCUT2D eigenvalue weighted by Gasteiger charge is 2.53. The van der Waals surface area contributed by atoms with Crippen LogP contribution in [0.15, 0.2) is 43.0 Å². The summed E-state index contributed by atoms with van der Waals surface area (Å²) in [6.07, 6.45) is 4.68. The molecule has 2 fully saturated rings. The molecule has 1 spiro atoms. The number of hydrogen-bond donors (Lipinski definition) is 2. The van der Waals surface area contributed by atoms with E-state index in [9.17, 15) is 19.2 Å². The zero-order valence-corrected chi connectivity index (χ0v) is 22.3.